The fourth-order valence-electron chi connectivity index (χ4n) is 2.27. The second kappa shape index (κ2) is 6.54. The molecule has 2 aromatic rings. The summed E-state index contributed by atoms with van der Waals surface area (Å²) in [5.41, 5.74) is 1.39. The van der Waals surface area contributed by atoms with Crippen molar-refractivity contribution in [3.05, 3.63) is 68.5 Å². The Hall–Kier alpha value is -2.14. The lowest BCUT2D eigenvalue weighted by molar-refractivity contribution is 0.520. The lowest BCUT2D eigenvalue weighted by Gasteiger charge is -2.16. The molecule has 1 aromatic heterocycles. The van der Waals surface area contributed by atoms with Gasteiger partial charge in [0.25, 0.3) is 5.56 Å². The first-order valence-electron chi connectivity index (χ1n) is 7.02. The summed E-state index contributed by atoms with van der Waals surface area (Å²) in [4.78, 5) is 23.5. The average molecular weight is 287 g/mol. The van der Waals surface area contributed by atoms with Crippen molar-refractivity contribution in [3.63, 3.8) is 0 Å². The van der Waals surface area contributed by atoms with Gasteiger partial charge in [0, 0.05) is 38.4 Å². The molecule has 0 aliphatic heterocycles. The number of hydrogen-bond donors (Lipinski definition) is 1. The number of nitrogens with zero attached hydrogens (tertiary/aromatic N) is 2. The van der Waals surface area contributed by atoms with Crippen LogP contribution >= 0.6 is 0 Å². The summed E-state index contributed by atoms with van der Waals surface area (Å²) >= 11 is 0. The third-order valence-electron chi connectivity index (χ3n) is 3.64. The first kappa shape index (κ1) is 15.3. The number of benzene rings is 1. The summed E-state index contributed by atoms with van der Waals surface area (Å²) in [6.07, 6.45) is 0.902. The number of rotatable bonds is 5. The van der Waals surface area contributed by atoms with Gasteiger partial charge in [-0.2, -0.15) is 0 Å². The molecule has 2 rings (SSSR count). The molecule has 0 bridgehead atoms. The van der Waals surface area contributed by atoms with Crippen LogP contribution in [0, 0.1) is 0 Å². The maximum absolute atomic E-state index is 11.8. The molecule has 21 heavy (non-hydrogen) atoms. The van der Waals surface area contributed by atoms with Gasteiger partial charge in [-0.1, -0.05) is 30.3 Å². The van der Waals surface area contributed by atoms with Crippen LogP contribution in [-0.2, 0) is 27.1 Å². The van der Waals surface area contributed by atoms with E-state index in [-0.39, 0.29) is 17.3 Å². The van der Waals surface area contributed by atoms with Gasteiger partial charge in [-0.3, -0.25) is 13.9 Å². The summed E-state index contributed by atoms with van der Waals surface area (Å²) in [6.45, 7) is 2.59. The summed E-state index contributed by atoms with van der Waals surface area (Å²) in [7, 11) is 3.17. The first-order valence-corrected chi connectivity index (χ1v) is 7.02. The van der Waals surface area contributed by atoms with Crippen LogP contribution in [0.3, 0.4) is 0 Å². The van der Waals surface area contributed by atoms with Crippen molar-refractivity contribution in [2.24, 2.45) is 14.1 Å². The molecular formula is C16H21N3O2. The van der Waals surface area contributed by atoms with Crippen LogP contribution in [0.2, 0.25) is 0 Å². The highest BCUT2D eigenvalue weighted by molar-refractivity contribution is 5.15. The monoisotopic (exact) mass is 287 g/mol. The Kier molecular flexibility index (Phi) is 4.75. The van der Waals surface area contributed by atoms with Crippen LogP contribution in [0.4, 0.5) is 0 Å². The molecule has 0 spiro atoms. The molecule has 1 unspecified atom stereocenters. The third-order valence-corrected chi connectivity index (χ3v) is 3.64. The molecule has 0 aliphatic rings. The minimum atomic E-state index is -0.296. The molecule has 5 nitrogen and oxygen atoms in total. The van der Waals surface area contributed by atoms with Crippen molar-refractivity contribution in [2.75, 3.05) is 0 Å². The van der Waals surface area contributed by atoms with Crippen molar-refractivity contribution in [3.8, 4) is 0 Å². The van der Waals surface area contributed by atoms with Crippen molar-refractivity contribution in [1.82, 2.24) is 14.5 Å². The van der Waals surface area contributed by atoms with E-state index in [4.69, 9.17) is 0 Å². The predicted octanol–water partition coefficient (Wildman–Crippen LogP) is 0.805. The second-order valence-corrected chi connectivity index (χ2v) is 5.35. The average Bonchev–Trinajstić information content (AvgIpc) is 2.48. The maximum atomic E-state index is 11.8. The zero-order valence-electron chi connectivity index (χ0n) is 12.7. The minimum Gasteiger partial charge on any atom is -0.308 e. The maximum Gasteiger partial charge on any atom is 0.330 e. The van der Waals surface area contributed by atoms with Gasteiger partial charge < -0.3 is 5.32 Å². The van der Waals surface area contributed by atoms with Crippen LogP contribution in [0.25, 0.3) is 0 Å². The second-order valence-electron chi connectivity index (χ2n) is 5.35. The molecule has 5 heteroatoms. The zero-order chi connectivity index (χ0) is 15.4. The molecule has 1 heterocycles. The normalized spacial score (nSPS) is 12.3. The van der Waals surface area contributed by atoms with Gasteiger partial charge in [-0.25, -0.2) is 4.79 Å². The van der Waals surface area contributed by atoms with E-state index >= 15 is 0 Å². The summed E-state index contributed by atoms with van der Waals surface area (Å²) < 4.78 is 2.61. The molecule has 0 fully saturated rings. The van der Waals surface area contributed by atoms with E-state index in [0.717, 1.165) is 11.0 Å². The van der Waals surface area contributed by atoms with Crippen molar-refractivity contribution in [1.29, 1.82) is 0 Å². The van der Waals surface area contributed by atoms with Crippen LogP contribution in [0.15, 0.2) is 46.0 Å². The summed E-state index contributed by atoms with van der Waals surface area (Å²) in [6, 6.07) is 12.0. The Balaban J connectivity index is 2.03. The highest BCUT2D eigenvalue weighted by Gasteiger charge is 2.08. The standard InChI is InChI=1S/C16H21N3O2/c1-12(9-13-7-5-4-6-8-13)17-11-14-10-15(20)19(3)16(21)18(14)2/h4-8,10,12,17H,9,11H2,1-3H3. The van der Waals surface area contributed by atoms with E-state index in [2.05, 4.69) is 24.4 Å². The zero-order valence-corrected chi connectivity index (χ0v) is 12.7. The van der Waals surface area contributed by atoms with E-state index in [9.17, 15) is 9.59 Å². The van der Waals surface area contributed by atoms with Crippen LogP contribution < -0.4 is 16.6 Å². The van der Waals surface area contributed by atoms with Gasteiger partial charge in [-0.15, -0.1) is 0 Å². The van der Waals surface area contributed by atoms with Gasteiger partial charge >= 0.3 is 5.69 Å². The first-order chi connectivity index (χ1) is 9.99. The molecule has 0 radical (unpaired) electrons. The molecule has 0 aliphatic carbocycles. The Morgan fingerprint density at radius 2 is 1.76 bits per heavy atom. The van der Waals surface area contributed by atoms with E-state index in [1.807, 2.05) is 18.2 Å². The van der Waals surface area contributed by atoms with Gasteiger partial charge in [0.2, 0.25) is 0 Å². The Bertz CT molecular complexity index is 717. The molecule has 0 saturated heterocycles. The molecule has 0 saturated carbocycles. The number of nitrogens with one attached hydrogen (secondary N) is 1. The van der Waals surface area contributed by atoms with E-state index in [1.165, 1.54) is 23.2 Å². The van der Waals surface area contributed by atoms with Crippen molar-refractivity contribution >= 4 is 0 Å². The Labute approximate surface area is 123 Å². The molecule has 112 valence electrons. The van der Waals surface area contributed by atoms with E-state index < -0.39 is 0 Å². The van der Waals surface area contributed by atoms with Crippen LogP contribution in [-0.4, -0.2) is 15.2 Å². The highest BCUT2D eigenvalue weighted by Crippen LogP contribution is 2.03. The topological polar surface area (TPSA) is 56.0 Å². The number of hydrogen-bond acceptors (Lipinski definition) is 3. The molecule has 1 atom stereocenters. The largest absolute Gasteiger partial charge is 0.330 e. The smallest absolute Gasteiger partial charge is 0.308 e. The predicted molar refractivity (Wildman–Crippen MR) is 83.4 cm³/mol. The molecule has 1 N–H and O–H groups in total. The third kappa shape index (κ3) is 3.70. The minimum absolute atomic E-state index is 0.256. The van der Waals surface area contributed by atoms with Crippen LogP contribution in [0.5, 0.6) is 0 Å². The molecular weight excluding hydrogens is 266 g/mol. The van der Waals surface area contributed by atoms with Gasteiger partial charge in [0.15, 0.2) is 0 Å². The van der Waals surface area contributed by atoms with Gasteiger partial charge in [0.1, 0.15) is 0 Å². The van der Waals surface area contributed by atoms with E-state index in [1.54, 1.807) is 7.05 Å². The fraction of sp³-hybridized carbons (Fsp3) is 0.375. The quantitative estimate of drug-likeness (QED) is 0.885. The lowest BCUT2D eigenvalue weighted by atomic mass is 10.1. The van der Waals surface area contributed by atoms with Crippen molar-refractivity contribution < 1.29 is 0 Å². The lowest BCUT2D eigenvalue weighted by Crippen LogP contribution is -2.40. The Morgan fingerprint density at radius 3 is 2.43 bits per heavy atom. The molecule has 1 aromatic carbocycles. The summed E-state index contributed by atoms with van der Waals surface area (Å²) in [5, 5.41) is 3.35. The van der Waals surface area contributed by atoms with Gasteiger partial charge in [0.05, 0.1) is 0 Å². The van der Waals surface area contributed by atoms with Crippen LogP contribution in [0.1, 0.15) is 18.2 Å². The SMILES string of the molecule is CC(Cc1ccccc1)NCc1cc(=O)n(C)c(=O)n1C. The Morgan fingerprint density at radius 1 is 1.10 bits per heavy atom. The number of aromatic nitrogens is 2. The molecule has 0 amide bonds. The van der Waals surface area contributed by atoms with E-state index in [0.29, 0.717) is 12.2 Å². The highest BCUT2D eigenvalue weighted by atomic mass is 16.2. The van der Waals surface area contributed by atoms with Crippen molar-refractivity contribution in [2.45, 2.75) is 25.9 Å². The van der Waals surface area contributed by atoms with Gasteiger partial charge in [-0.05, 0) is 18.9 Å². The fourth-order valence-corrected chi connectivity index (χ4v) is 2.27. The summed E-state index contributed by atoms with van der Waals surface area (Å²) in [5.74, 6) is 0.